The van der Waals surface area contributed by atoms with E-state index in [9.17, 15) is 5.11 Å². The standard InChI is InChI=1S/C19H34OSi/c1-6-8-10-16-15-19(20)18(11-9-7-2)14-17(16)12-13-21(3,4)5/h14-15,20H,6-13H2,1-5H3. The summed E-state index contributed by atoms with van der Waals surface area (Å²) in [5.74, 6) is 0.520. The fraction of sp³-hybridized carbons (Fsp3) is 0.684. The largest absolute Gasteiger partial charge is 0.508 e. The van der Waals surface area contributed by atoms with E-state index in [4.69, 9.17) is 0 Å². The van der Waals surface area contributed by atoms with Crippen LogP contribution >= 0.6 is 0 Å². The van der Waals surface area contributed by atoms with Crippen molar-refractivity contribution in [3.05, 3.63) is 28.8 Å². The summed E-state index contributed by atoms with van der Waals surface area (Å²) >= 11 is 0. The molecule has 0 radical (unpaired) electrons. The first-order valence-corrected chi connectivity index (χ1v) is 12.4. The topological polar surface area (TPSA) is 20.2 Å². The Labute approximate surface area is 132 Å². The lowest BCUT2D eigenvalue weighted by Gasteiger charge is -2.19. The van der Waals surface area contributed by atoms with Crippen molar-refractivity contribution < 1.29 is 5.11 Å². The van der Waals surface area contributed by atoms with Crippen molar-refractivity contribution in [3.8, 4) is 5.75 Å². The summed E-state index contributed by atoms with van der Waals surface area (Å²) in [4.78, 5) is 0. The number of benzene rings is 1. The van der Waals surface area contributed by atoms with Gasteiger partial charge in [0.15, 0.2) is 0 Å². The zero-order chi connectivity index (χ0) is 15.9. The smallest absolute Gasteiger partial charge is 0.119 e. The molecule has 120 valence electrons. The summed E-state index contributed by atoms with van der Waals surface area (Å²) in [6.07, 6.45) is 8.08. The third-order valence-corrected chi connectivity index (χ3v) is 5.89. The quantitative estimate of drug-likeness (QED) is 0.558. The molecule has 21 heavy (non-hydrogen) atoms. The second-order valence-electron chi connectivity index (χ2n) is 7.52. The third-order valence-electron chi connectivity index (χ3n) is 4.14. The van der Waals surface area contributed by atoms with Crippen molar-refractivity contribution in [2.24, 2.45) is 0 Å². The summed E-state index contributed by atoms with van der Waals surface area (Å²) in [6, 6.07) is 5.69. The maximum Gasteiger partial charge on any atom is 0.119 e. The van der Waals surface area contributed by atoms with Crippen LogP contribution in [0.5, 0.6) is 5.75 Å². The van der Waals surface area contributed by atoms with Gasteiger partial charge in [-0.2, -0.15) is 0 Å². The Hall–Kier alpha value is -0.763. The lowest BCUT2D eigenvalue weighted by Crippen LogP contribution is -2.20. The number of rotatable bonds is 9. The number of hydrogen-bond acceptors (Lipinski definition) is 1. The van der Waals surface area contributed by atoms with E-state index in [0.29, 0.717) is 5.75 Å². The van der Waals surface area contributed by atoms with E-state index in [2.05, 4.69) is 45.6 Å². The zero-order valence-electron chi connectivity index (χ0n) is 14.8. The number of phenolic OH excluding ortho intramolecular Hbond substituents is 1. The van der Waals surface area contributed by atoms with Gasteiger partial charge in [0.2, 0.25) is 0 Å². The first-order valence-electron chi connectivity index (χ1n) is 8.71. The van der Waals surface area contributed by atoms with Crippen LogP contribution in [0, 0.1) is 0 Å². The number of unbranched alkanes of at least 4 members (excludes halogenated alkanes) is 2. The molecule has 0 saturated carbocycles. The molecule has 0 fully saturated rings. The van der Waals surface area contributed by atoms with Crippen LogP contribution in [0.15, 0.2) is 12.1 Å². The van der Waals surface area contributed by atoms with Crippen LogP contribution in [0.4, 0.5) is 0 Å². The molecule has 0 bridgehead atoms. The minimum absolute atomic E-state index is 0.520. The molecule has 1 N–H and O–H groups in total. The van der Waals surface area contributed by atoms with E-state index in [1.54, 1.807) is 0 Å². The van der Waals surface area contributed by atoms with Gasteiger partial charge in [0.1, 0.15) is 5.75 Å². The normalized spacial score (nSPS) is 11.9. The maximum atomic E-state index is 10.3. The number of phenols is 1. The Kier molecular flexibility index (Phi) is 7.51. The predicted octanol–water partition coefficient (Wildman–Crippen LogP) is 5.96. The van der Waals surface area contributed by atoms with Crippen molar-refractivity contribution in [3.63, 3.8) is 0 Å². The van der Waals surface area contributed by atoms with Crippen LogP contribution in [0.2, 0.25) is 25.7 Å². The highest BCUT2D eigenvalue weighted by Gasteiger charge is 2.15. The number of hydrogen-bond donors (Lipinski definition) is 1. The zero-order valence-corrected chi connectivity index (χ0v) is 15.8. The van der Waals surface area contributed by atoms with Gasteiger partial charge in [-0.15, -0.1) is 0 Å². The summed E-state index contributed by atoms with van der Waals surface area (Å²) in [5.41, 5.74) is 4.03. The van der Waals surface area contributed by atoms with Crippen LogP contribution in [-0.4, -0.2) is 13.2 Å². The highest BCUT2D eigenvalue weighted by atomic mass is 28.3. The molecular formula is C19H34OSi. The number of aryl methyl sites for hydroxylation is 3. The fourth-order valence-electron chi connectivity index (χ4n) is 2.64. The van der Waals surface area contributed by atoms with E-state index < -0.39 is 8.07 Å². The molecule has 0 aliphatic carbocycles. The second kappa shape index (κ2) is 8.62. The Morgan fingerprint density at radius 2 is 1.33 bits per heavy atom. The van der Waals surface area contributed by atoms with Gasteiger partial charge >= 0.3 is 0 Å². The summed E-state index contributed by atoms with van der Waals surface area (Å²) in [5, 5.41) is 10.3. The molecule has 1 aromatic rings. The van der Waals surface area contributed by atoms with Gasteiger partial charge in [-0.1, -0.05) is 58.4 Å². The van der Waals surface area contributed by atoms with E-state index in [-0.39, 0.29) is 0 Å². The molecule has 1 aromatic carbocycles. The van der Waals surface area contributed by atoms with Crippen LogP contribution in [0.3, 0.4) is 0 Å². The Morgan fingerprint density at radius 1 is 0.810 bits per heavy atom. The Balaban J connectivity index is 2.96. The molecule has 0 unspecified atom stereocenters. The van der Waals surface area contributed by atoms with Crippen LogP contribution in [0.25, 0.3) is 0 Å². The van der Waals surface area contributed by atoms with E-state index in [1.807, 2.05) is 0 Å². The monoisotopic (exact) mass is 306 g/mol. The molecule has 2 heteroatoms. The van der Waals surface area contributed by atoms with Crippen molar-refractivity contribution in [2.45, 2.75) is 84.5 Å². The van der Waals surface area contributed by atoms with E-state index in [1.165, 1.54) is 42.9 Å². The summed E-state index contributed by atoms with van der Waals surface area (Å²) in [7, 11) is -1.01. The average molecular weight is 307 g/mol. The minimum Gasteiger partial charge on any atom is -0.508 e. The molecule has 0 saturated heterocycles. The van der Waals surface area contributed by atoms with Gasteiger partial charge in [-0.05, 0) is 54.9 Å². The molecule has 0 amide bonds. The van der Waals surface area contributed by atoms with Gasteiger partial charge in [0.05, 0.1) is 0 Å². The summed E-state index contributed by atoms with van der Waals surface area (Å²) < 4.78 is 0. The van der Waals surface area contributed by atoms with Crippen molar-refractivity contribution in [1.82, 2.24) is 0 Å². The molecule has 1 rings (SSSR count). The fourth-order valence-corrected chi connectivity index (χ4v) is 3.66. The van der Waals surface area contributed by atoms with Crippen LogP contribution < -0.4 is 0 Å². The highest BCUT2D eigenvalue weighted by molar-refractivity contribution is 6.76. The van der Waals surface area contributed by atoms with Gasteiger partial charge in [0.25, 0.3) is 0 Å². The second-order valence-corrected chi connectivity index (χ2v) is 13.1. The Morgan fingerprint density at radius 3 is 1.86 bits per heavy atom. The van der Waals surface area contributed by atoms with Crippen molar-refractivity contribution >= 4 is 8.07 Å². The molecule has 0 aliphatic heterocycles. The molecule has 0 aromatic heterocycles. The van der Waals surface area contributed by atoms with E-state index >= 15 is 0 Å². The SMILES string of the molecule is CCCCc1cc(CC[Si](C)(C)C)c(CCCC)cc1O. The molecule has 0 heterocycles. The lowest BCUT2D eigenvalue weighted by molar-refractivity contribution is 0.465. The van der Waals surface area contributed by atoms with Crippen molar-refractivity contribution in [1.29, 1.82) is 0 Å². The Bertz CT molecular complexity index is 432. The lowest BCUT2D eigenvalue weighted by atomic mass is 9.95. The average Bonchev–Trinajstić information content (AvgIpc) is 2.41. The molecule has 0 aliphatic rings. The molecule has 1 nitrogen and oxygen atoms in total. The summed E-state index contributed by atoms with van der Waals surface area (Å²) in [6.45, 7) is 11.8. The third kappa shape index (κ3) is 6.69. The van der Waals surface area contributed by atoms with Gasteiger partial charge in [0, 0.05) is 8.07 Å². The van der Waals surface area contributed by atoms with Crippen LogP contribution in [0.1, 0.15) is 56.2 Å². The minimum atomic E-state index is -1.01. The van der Waals surface area contributed by atoms with E-state index in [0.717, 1.165) is 24.8 Å². The van der Waals surface area contributed by atoms with Crippen molar-refractivity contribution in [2.75, 3.05) is 0 Å². The molecule has 0 atom stereocenters. The predicted molar refractivity (Wildman–Crippen MR) is 97.2 cm³/mol. The van der Waals surface area contributed by atoms with Crippen LogP contribution in [-0.2, 0) is 19.3 Å². The highest BCUT2D eigenvalue weighted by Crippen LogP contribution is 2.27. The first kappa shape index (κ1) is 18.3. The first-order chi connectivity index (χ1) is 9.87. The molecular weight excluding hydrogens is 272 g/mol. The van der Waals surface area contributed by atoms with Gasteiger partial charge in [-0.3, -0.25) is 0 Å². The van der Waals surface area contributed by atoms with Gasteiger partial charge < -0.3 is 5.11 Å². The maximum absolute atomic E-state index is 10.3. The molecule has 0 spiro atoms. The number of aromatic hydroxyl groups is 1. The van der Waals surface area contributed by atoms with Gasteiger partial charge in [-0.25, -0.2) is 0 Å².